The lowest BCUT2D eigenvalue weighted by Gasteiger charge is -2.19. The Bertz CT molecular complexity index is 561. The van der Waals surface area contributed by atoms with Crippen molar-refractivity contribution in [3.05, 3.63) is 41.0 Å². The lowest BCUT2D eigenvalue weighted by atomic mass is 10.1. The minimum Gasteiger partial charge on any atom is -0.496 e. The average molecular weight is 263 g/mol. The molecular formula is C14H18FN3O. The first-order chi connectivity index (χ1) is 9.04. The molecule has 0 bridgehead atoms. The summed E-state index contributed by atoms with van der Waals surface area (Å²) in [6.45, 7) is 5.72. The number of nitrogens with zero attached hydrogens (tertiary/aromatic N) is 1. The zero-order valence-electron chi connectivity index (χ0n) is 11.5. The van der Waals surface area contributed by atoms with E-state index in [4.69, 9.17) is 4.74 Å². The molecule has 0 radical (unpaired) electrons. The van der Waals surface area contributed by atoms with E-state index in [0.29, 0.717) is 11.3 Å². The maximum Gasteiger partial charge on any atom is 0.132 e. The number of H-pyrrole nitrogens is 1. The van der Waals surface area contributed by atoms with Crippen LogP contribution >= 0.6 is 0 Å². The van der Waals surface area contributed by atoms with Crippen molar-refractivity contribution in [1.82, 2.24) is 10.2 Å². The molecule has 0 aliphatic heterocycles. The number of aryl methyl sites for hydroxylation is 2. The van der Waals surface area contributed by atoms with Gasteiger partial charge in [0.05, 0.1) is 35.8 Å². The number of aromatic amines is 1. The highest BCUT2D eigenvalue weighted by atomic mass is 19.1. The van der Waals surface area contributed by atoms with Crippen molar-refractivity contribution in [2.45, 2.75) is 26.8 Å². The van der Waals surface area contributed by atoms with Gasteiger partial charge in [-0.05, 0) is 32.9 Å². The van der Waals surface area contributed by atoms with Crippen LogP contribution in [0.5, 0.6) is 5.75 Å². The topological polar surface area (TPSA) is 49.9 Å². The third kappa shape index (κ3) is 2.54. The summed E-state index contributed by atoms with van der Waals surface area (Å²) in [6, 6.07) is 4.61. The molecule has 102 valence electrons. The number of nitrogens with one attached hydrogen (secondary N) is 2. The first kappa shape index (κ1) is 13.4. The minimum absolute atomic E-state index is 0.217. The first-order valence-electron chi connectivity index (χ1n) is 6.15. The molecule has 2 rings (SSSR count). The van der Waals surface area contributed by atoms with E-state index >= 15 is 0 Å². The van der Waals surface area contributed by atoms with E-state index in [0.717, 1.165) is 17.1 Å². The van der Waals surface area contributed by atoms with Gasteiger partial charge in [0.2, 0.25) is 0 Å². The molecule has 1 atom stereocenters. The fourth-order valence-corrected chi connectivity index (χ4v) is 2.17. The van der Waals surface area contributed by atoms with Gasteiger partial charge in [0.25, 0.3) is 0 Å². The Morgan fingerprint density at radius 1 is 1.37 bits per heavy atom. The highest BCUT2D eigenvalue weighted by Crippen LogP contribution is 2.31. The summed E-state index contributed by atoms with van der Waals surface area (Å²) in [6.07, 6.45) is 0. The number of methoxy groups -OCH3 is 1. The summed E-state index contributed by atoms with van der Waals surface area (Å²) in [5.74, 6) is 0.261. The molecule has 4 nitrogen and oxygen atoms in total. The van der Waals surface area contributed by atoms with Gasteiger partial charge in [-0.3, -0.25) is 5.10 Å². The van der Waals surface area contributed by atoms with Gasteiger partial charge in [0, 0.05) is 0 Å². The molecule has 0 amide bonds. The number of hydrogen-bond acceptors (Lipinski definition) is 3. The number of aromatic nitrogens is 2. The fourth-order valence-electron chi connectivity index (χ4n) is 2.17. The number of rotatable bonds is 4. The molecule has 0 saturated heterocycles. The minimum atomic E-state index is -0.279. The van der Waals surface area contributed by atoms with Gasteiger partial charge in [-0.25, -0.2) is 4.39 Å². The molecule has 0 fully saturated rings. The van der Waals surface area contributed by atoms with Crippen molar-refractivity contribution in [2.75, 3.05) is 12.4 Å². The van der Waals surface area contributed by atoms with Crippen molar-refractivity contribution < 1.29 is 9.13 Å². The van der Waals surface area contributed by atoms with E-state index in [-0.39, 0.29) is 11.9 Å². The van der Waals surface area contributed by atoms with Crippen molar-refractivity contribution >= 4 is 5.69 Å². The van der Waals surface area contributed by atoms with Gasteiger partial charge in [-0.1, -0.05) is 6.07 Å². The monoisotopic (exact) mass is 263 g/mol. The third-order valence-electron chi connectivity index (χ3n) is 3.15. The molecule has 2 aromatic rings. The SMILES string of the molecule is COc1cccc(F)c1C(C)Nc1c(C)n[nH]c1C. The summed E-state index contributed by atoms with van der Waals surface area (Å²) < 4.78 is 19.2. The highest BCUT2D eigenvalue weighted by molar-refractivity contribution is 5.54. The van der Waals surface area contributed by atoms with Crippen LogP contribution in [0.25, 0.3) is 0 Å². The lowest BCUT2D eigenvalue weighted by molar-refractivity contribution is 0.402. The summed E-state index contributed by atoms with van der Waals surface area (Å²) in [4.78, 5) is 0. The smallest absolute Gasteiger partial charge is 0.132 e. The van der Waals surface area contributed by atoms with E-state index < -0.39 is 0 Å². The van der Waals surface area contributed by atoms with Crippen LogP contribution < -0.4 is 10.1 Å². The van der Waals surface area contributed by atoms with Crippen molar-refractivity contribution in [1.29, 1.82) is 0 Å². The van der Waals surface area contributed by atoms with Crippen molar-refractivity contribution in [3.63, 3.8) is 0 Å². The standard InChI is InChI=1S/C14H18FN3O/c1-8(16-14-9(2)17-18-10(14)3)13-11(15)6-5-7-12(13)19-4/h5-8,16H,1-4H3,(H,17,18). The van der Waals surface area contributed by atoms with Crippen molar-refractivity contribution in [2.24, 2.45) is 0 Å². The molecule has 0 aliphatic carbocycles. The van der Waals surface area contributed by atoms with E-state index in [9.17, 15) is 4.39 Å². The van der Waals surface area contributed by atoms with Gasteiger partial charge < -0.3 is 10.1 Å². The predicted octanol–water partition coefficient (Wildman–Crippen LogP) is 3.35. The highest BCUT2D eigenvalue weighted by Gasteiger charge is 2.18. The molecule has 1 aromatic carbocycles. The molecule has 1 aromatic heterocycles. The van der Waals surface area contributed by atoms with Crippen LogP contribution in [0.4, 0.5) is 10.1 Å². The van der Waals surface area contributed by atoms with Crippen LogP contribution in [-0.2, 0) is 0 Å². The van der Waals surface area contributed by atoms with E-state index in [2.05, 4.69) is 15.5 Å². The summed E-state index contributed by atoms with van der Waals surface area (Å²) >= 11 is 0. The Labute approximate surface area is 112 Å². The zero-order chi connectivity index (χ0) is 14.0. The summed E-state index contributed by atoms with van der Waals surface area (Å²) in [5, 5.41) is 10.3. The Hall–Kier alpha value is -2.04. The van der Waals surface area contributed by atoms with Crippen LogP contribution in [0, 0.1) is 19.7 Å². The molecule has 0 spiro atoms. The maximum atomic E-state index is 14.0. The quantitative estimate of drug-likeness (QED) is 0.889. The number of ether oxygens (including phenoxy) is 1. The Kier molecular flexibility index (Phi) is 3.74. The molecule has 1 unspecified atom stereocenters. The Morgan fingerprint density at radius 2 is 2.11 bits per heavy atom. The second kappa shape index (κ2) is 5.30. The van der Waals surface area contributed by atoms with Crippen LogP contribution in [0.3, 0.4) is 0 Å². The molecule has 0 aliphatic rings. The second-order valence-electron chi connectivity index (χ2n) is 4.53. The van der Waals surface area contributed by atoms with E-state index in [1.54, 1.807) is 19.2 Å². The molecule has 1 heterocycles. The van der Waals surface area contributed by atoms with E-state index in [1.165, 1.54) is 6.07 Å². The largest absolute Gasteiger partial charge is 0.496 e. The number of anilines is 1. The number of hydrogen-bond donors (Lipinski definition) is 2. The van der Waals surface area contributed by atoms with Gasteiger partial charge in [-0.2, -0.15) is 5.10 Å². The Morgan fingerprint density at radius 3 is 2.68 bits per heavy atom. The molecule has 5 heteroatoms. The number of benzene rings is 1. The predicted molar refractivity (Wildman–Crippen MR) is 73.1 cm³/mol. The van der Waals surface area contributed by atoms with Gasteiger partial charge in [0.1, 0.15) is 11.6 Å². The summed E-state index contributed by atoms with van der Waals surface area (Å²) in [5.41, 5.74) is 3.21. The third-order valence-corrected chi connectivity index (χ3v) is 3.15. The molecule has 2 N–H and O–H groups in total. The Balaban J connectivity index is 2.33. The van der Waals surface area contributed by atoms with E-state index in [1.807, 2.05) is 20.8 Å². The average Bonchev–Trinajstić information content (AvgIpc) is 2.70. The zero-order valence-corrected chi connectivity index (χ0v) is 11.5. The molecule has 19 heavy (non-hydrogen) atoms. The van der Waals surface area contributed by atoms with Crippen molar-refractivity contribution in [3.8, 4) is 5.75 Å². The number of halogens is 1. The van der Waals surface area contributed by atoms with Crippen LogP contribution in [0.15, 0.2) is 18.2 Å². The maximum absolute atomic E-state index is 14.0. The van der Waals surface area contributed by atoms with Gasteiger partial charge >= 0.3 is 0 Å². The summed E-state index contributed by atoms with van der Waals surface area (Å²) in [7, 11) is 1.54. The van der Waals surface area contributed by atoms with Crippen LogP contribution in [0.2, 0.25) is 0 Å². The van der Waals surface area contributed by atoms with Gasteiger partial charge in [0.15, 0.2) is 0 Å². The molecule has 0 saturated carbocycles. The van der Waals surface area contributed by atoms with Crippen LogP contribution in [-0.4, -0.2) is 17.3 Å². The lowest BCUT2D eigenvalue weighted by Crippen LogP contribution is -2.11. The first-order valence-corrected chi connectivity index (χ1v) is 6.15. The normalized spacial score (nSPS) is 12.3. The molecular weight excluding hydrogens is 245 g/mol. The fraction of sp³-hybridized carbons (Fsp3) is 0.357. The van der Waals surface area contributed by atoms with Gasteiger partial charge in [-0.15, -0.1) is 0 Å². The second-order valence-corrected chi connectivity index (χ2v) is 4.53. The van der Waals surface area contributed by atoms with Crippen LogP contribution in [0.1, 0.15) is 29.9 Å².